The van der Waals surface area contributed by atoms with Crippen molar-refractivity contribution in [1.82, 2.24) is 0 Å². The van der Waals surface area contributed by atoms with Crippen molar-refractivity contribution in [2.45, 2.75) is 26.2 Å². The zero-order valence-corrected chi connectivity index (χ0v) is 18.9. The molecular weight excluding hydrogens is 416 g/mol. The summed E-state index contributed by atoms with van der Waals surface area (Å²) in [5.41, 5.74) is 11.3. The predicted octanol–water partition coefficient (Wildman–Crippen LogP) is 3.12. The third-order valence-electron chi connectivity index (χ3n) is 4.66. The van der Waals surface area contributed by atoms with Gasteiger partial charge in [-0.3, -0.25) is 9.59 Å². The first-order chi connectivity index (χ1) is 15.4. The number of nitrogens with zero attached hydrogens (tertiary/aromatic N) is 2. The standard InChI is InChI=1S/C21H26O6.C2H2N2O/c1-13-16(12-15-8-6-14(7-9-15)10-11-17(22)23)19(25-3)21(27-5)20(26-4)18(13)24-2;3-4-1-2-5/h6-9H,10-12H2,1-5H3,(H,22,23);1-2H. The second kappa shape index (κ2) is 13.5. The summed E-state index contributed by atoms with van der Waals surface area (Å²) in [7, 11) is 6.32. The van der Waals surface area contributed by atoms with Crippen molar-refractivity contribution in [3.8, 4) is 23.0 Å². The van der Waals surface area contributed by atoms with Crippen LogP contribution in [0.1, 0.15) is 28.7 Å². The Balaban J connectivity index is 0.000000920. The number of hydrogen-bond acceptors (Lipinski definition) is 6. The van der Waals surface area contributed by atoms with Gasteiger partial charge in [0.1, 0.15) is 0 Å². The highest BCUT2D eigenvalue weighted by Gasteiger charge is 2.25. The molecular formula is C23H28N2O7. The van der Waals surface area contributed by atoms with Gasteiger partial charge in [0, 0.05) is 24.0 Å². The van der Waals surface area contributed by atoms with Crippen molar-refractivity contribution >= 4 is 18.5 Å². The summed E-state index contributed by atoms with van der Waals surface area (Å²) in [6, 6.07) is 7.91. The van der Waals surface area contributed by atoms with E-state index in [1.807, 2.05) is 31.2 Å². The number of methoxy groups -OCH3 is 4. The van der Waals surface area contributed by atoms with Gasteiger partial charge in [-0.05, 0) is 24.5 Å². The third-order valence-corrected chi connectivity index (χ3v) is 4.66. The molecule has 0 radical (unpaired) electrons. The molecule has 32 heavy (non-hydrogen) atoms. The van der Waals surface area contributed by atoms with Gasteiger partial charge in [-0.25, -0.2) is 0 Å². The fourth-order valence-electron chi connectivity index (χ4n) is 3.17. The molecule has 0 bridgehead atoms. The number of ether oxygens (including phenoxy) is 4. The SMILES string of the molecule is COc1c(C)c(Cc2ccc(CCC(=O)O)cc2)c(OC)c(OC)c1OC.[N-]=[N+]=CC=O. The lowest BCUT2D eigenvalue weighted by atomic mass is 9.96. The van der Waals surface area contributed by atoms with E-state index >= 15 is 0 Å². The van der Waals surface area contributed by atoms with Gasteiger partial charge in [-0.15, -0.1) is 0 Å². The summed E-state index contributed by atoms with van der Waals surface area (Å²) in [5.74, 6) is 1.43. The average molecular weight is 444 g/mol. The summed E-state index contributed by atoms with van der Waals surface area (Å²) >= 11 is 0. The zero-order chi connectivity index (χ0) is 24.1. The van der Waals surface area contributed by atoms with E-state index < -0.39 is 5.97 Å². The van der Waals surface area contributed by atoms with Gasteiger partial charge in [0.05, 0.1) is 28.4 Å². The number of benzene rings is 2. The van der Waals surface area contributed by atoms with Gasteiger partial charge in [0.2, 0.25) is 17.8 Å². The monoisotopic (exact) mass is 444 g/mol. The molecule has 1 N–H and O–H groups in total. The van der Waals surface area contributed by atoms with Crippen LogP contribution in [0.3, 0.4) is 0 Å². The van der Waals surface area contributed by atoms with Crippen molar-refractivity contribution in [3.63, 3.8) is 0 Å². The minimum atomic E-state index is -0.795. The normalized spacial score (nSPS) is 9.53. The molecule has 0 aliphatic carbocycles. The van der Waals surface area contributed by atoms with Crippen molar-refractivity contribution in [1.29, 1.82) is 0 Å². The highest BCUT2D eigenvalue weighted by atomic mass is 16.5. The Morgan fingerprint density at radius 2 is 1.44 bits per heavy atom. The Kier molecular flexibility index (Phi) is 11.0. The molecule has 2 aromatic rings. The molecule has 0 aliphatic heterocycles. The second-order valence-electron chi connectivity index (χ2n) is 6.52. The van der Waals surface area contributed by atoms with E-state index in [-0.39, 0.29) is 6.42 Å². The molecule has 9 heteroatoms. The lowest BCUT2D eigenvalue weighted by Crippen LogP contribution is -2.05. The summed E-state index contributed by atoms with van der Waals surface area (Å²) in [6.07, 6.45) is 2.40. The van der Waals surface area contributed by atoms with Crippen molar-refractivity contribution in [3.05, 3.63) is 52.1 Å². The number of hydrogen-bond donors (Lipinski definition) is 1. The van der Waals surface area contributed by atoms with Crippen LogP contribution in [0.4, 0.5) is 0 Å². The number of carboxylic acids is 1. The Hall–Kier alpha value is -3.84. The van der Waals surface area contributed by atoms with Gasteiger partial charge in [-0.2, -0.15) is 4.79 Å². The molecule has 9 nitrogen and oxygen atoms in total. The Bertz CT molecular complexity index is 966. The molecule has 0 aliphatic rings. The number of carbonyl (C=O) groups is 2. The lowest BCUT2D eigenvalue weighted by molar-refractivity contribution is -0.136. The summed E-state index contributed by atoms with van der Waals surface area (Å²) in [5, 5.41) is 8.81. The minimum absolute atomic E-state index is 0.124. The van der Waals surface area contributed by atoms with Crippen LogP contribution in [0, 0.1) is 6.92 Å². The molecule has 0 amide bonds. The van der Waals surface area contributed by atoms with Gasteiger partial charge in [-0.1, -0.05) is 24.3 Å². The quantitative estimate of drug-likeness (QED) is 0.258. The van der Waals surface area contributed by atoms with E-state index in [4.69, 9.17) is 34.4 Å². The fourth-order valence-corrected chi connectivity index (χ4v) is 3.17. The van der Waals surface area contributed by atoms with E-state index in [1.165, 1.54) is 0 Å². The van der Waals surface area contributed by atoms with Crippen LogP contribution in [0.5, 0.6) is 23.0 Å². The van der Waals surface area contributed by atoms with Crippen LogP contribution >= 0.6 is 0 Å². The first kappa shape index (κ1) is 26.2. The first-order valence-corrected chi connectivity index (χ1v) is 9.64. The Labute approximate surface area is 187 Å². The largest absolute Gasteiger partial charge is 0.492 e. The van der Waals surface area contributed by atoms with E-state index in [1.54, 1.807) is 28.4 Å². The summed E-state index contributed by atoms with van der Waals surface area (Å²) < 4.78 is 22.2. The van der Waals surface area contributed by atoms with Crippen LogP contribution in [0.2, 0.25) is 0 Å². The molecule has 2 aromatic carbocycles. The molecule has 0 heterocycles. The predicted molar refractivity (Wildman–Crippen MR) is 118 cm³/mol. The molecule has 0 saturated carbocycles. The number of aldehydes is 1. The average Bonchev–Trinajstić information content (AvgIpc) is 2.80. The van der Waals surface area contributed by atoms with Gasteiger partial charge < -0.3 is 29.6 Å². The molecule has 0 aromatic heterocycles. The summed E-state index contributed by atoms with van der Waals surface area (Å²) in [4.78, 5) is 22.2. The Morgan fingerprint density at radius 3 is 1.84 bits per heavy atom. The number of carboxylic acid groups (broad SMARTS) is 1. The van der Waals surface area contributed by atoms with Crippen LogP contribution in [-0.4, -0.2) is 56.8 Å². The molecule has 2 rings (SSSR count). The Morgan fingerprint density at radius 1 is 0.938 bits per heavy atom. The lowest BCUT2D eigenvalue weighted by Gasteiger charge is -2.21. The van der Waals surface area contributed by atoms with E-state index in [0.717, 1.165) is 28.5 Å². The topological polar surface area (TPSA) is 128 Å². The maximum absolute atomic E-state index is 10.7. The number of aliphatic carboxylic acids is 1. The third kappa shape index (κ3) is 6.85. The van der Waals surface area contributed by atoms with E-state index in [9.17, 15) is 4.79 Å². The zero-order valence-electron chi connectivity index (χ0n) is 18.9. The smallest absolute Gasteiger partial charge is 0.319 e. The molecule has 172 valence electrons. The van der Waals surface area contributed by atoms with Crippen LogP contribution in [-0.2, 0) is 22.4 Å². The molecule has 0 fully saturated rings. The number of aryl methyl sites for hydroxylation is 1. The maximum atomic E-state index is 10.7. The van der Waals surface area contributed by atoms with E-state index in [0.29, 0.717) is 42.1 Å². The van der Waals surface area contributed by atoms with Crippen LogP contribution < -0.4 is 18.9 Å². The molecule has 0 spiro atoms. The molecule has 0 saturated heterocycles. The minimum Gasteiger partial charge on any atom is -0.492 e. The fraction of sp³-hybridized carbons (Fsp3) is 0.348. The van der Waals surface area contributed by atoms with Crippen LogP contribution in [0.15, 0.2) is 24.3 Å². The maximum Gasteiger partial charge on any atom is 0.319 e. The van der Waals surface area contributed by atoms with Crippen molar-refractivity contribution in [2.75, 3.05) is 28.4 Å². The molecule has 0 atom stereocenters. The first-order valence-electron chi connectivity index (χ1n) is 9.64. The second-order valence-corrected chi connectivity index (χ2v) is 6.52. The number of carbonyl (C=O) groups excluding carboxylic acids is 1. The summed E-state index contributed by atoms with van der Waals surface area (Å²) in [6.45, 7) is 1.96. The number of rotatable bonds is 10. The highest BCUT2D eigenvalue weighted by molar-refractivity contribution is 6.09. The van der Waals surface area contributed by atoms with E-state index in [2.05, 4.69) is 4.79 Å². The van der Waals surface area contributed by atoms with Crippen molar-refractivity contribution < 1.29 is 38.4 Å². The van der Waals surface area contributed by atoms with Gasteiger partial charge in [0.25, 0.3) is 0 Å². The van der Waals surface area contributed by atoms with Gasteiger partial charge >= 0.3 is 12.2 Å². The van der Waals surface area contributed by atoms with Crippen molar-refractivity contribution in [2.24, 2.45) is 0 Å². The van der Waals surface area contributed by atoms with Gasteiger partial charge in [0.15, 0.2) is 11.5 Å². The molecule has 0 unspecified atom stereocenters. The highest BCUT2D eigenvalue weighted by Crippen LogP contribution is 2.49. The van der Waals surface area contributed by atoms with Crippen LogP contribution in [0.25, 0.3) is 5.53 Å².